The van der Waals surface area contributed by atoms with Crippen LogP contribution in [0.15, 0.2) is 42.5 Å². The average molecular weight is 271 g/mol. The highest BCUT2D eigenvalue weighted by atomic mass is 35.5. The van der Waals surface area contributed by atoms with E-state index in [9.17, 15) is 13.2 Å². The quantitative estimate of drug-likeness (QED) is 0.714. The maximum Gasteiger partial charge on any atom is 0.162 e. The van der Waals surface area contributed by atoms with Crippen LogP contribution in [-0.4, -0.2) is 0 Å². The van der Waals surface area contributed by atoms with Crippen molar-refractivity contribution in [2.24, 2.45) is 0 Å². The van der Waals surface area contributed by atoms with Crippen molar-refractivity contribution >= 4 is 11.6 Å². The highest BCUT2D eigenvalue weighted by Gasteiger charge is 2.14. The molecule has 0 bridgehead atoms. The minimum absolute atomic E-state index is 0.150. The van der Waals surface area contributed by atoms with Crippen molar-refractivity contribution in [3.63, 3.8) is 0 Å². The van der Waals surface area contributed by atoms with Gasteiger partial charge in [-0.3, -0.25) is 0 Å². The van der Waals surface area contributed by atoms with Crippen LogP contribution in [0.5, 0.6) is 0 Å². The Balaban J connectivity index is 2.18. The molecule has 94 valence electrons. The molecule has 18 heavy (non-hydrogen) atoms. The fourth-order valence-corrected chi connectivity index (χ4v) is 2.00. The van der Waals surface area contributed by atoms with Crippen LogP contribution in [0, 0.1) is 17.5 Å². The van der Waals surface area contributed by atoms with Crippen molar-refractivity contribution in [1.82, 2.24) is 0 Å². The number of halogens is 4. The fourth-order valence-electron chi connectivity index (χ4n) is 1.69. The van der Waals surface area contributed by atoms with Gasteiger partial charge in [-0.25, -0.2) is 13.2 Å². The number of hydrogen-bond donors (Lipinski definition) is 0. The summed E-state index contributed by atoms with van der Waals surface area (Å²) in [6, 6.07) is 9.60. The fraction of sp³-hybridized carbons (Fsp3) is 0.143. The number of alkyl halides is 1. The second kappa shape index (κ2) is 5.44. The molecule has 0 heterocycles. The normalized spacial score (nSPS) is 12.4. The zero-order chi connectivity index (χ0) is 13.1. The summed E-state index contributed by atoms with van der Waals surface area (Å²) in [6.07, 6.45) is 0.150. The van der Waals surface area contributed by atoms with E-state index in [4.69, 9.17) is 11.6 Å². The predicted octanol–water partition coefficient (Wildman–Crippen LogP) is 4.63. The van der Waals surface area contributed by atoms with E-state index in [0.717, 1.165) is 6.07 Å². The van der Waals surface area contributed by atoms with E-state index in [1.165, 1.54) is 36.4 Å². The first-order valence-corrected chi connectivity index (χ1v) is 5.84. The molecule has 0 aliphatic rings. The van der Waals surface area contributed by atoms with Gasteiger partial charge in [-0.2, -0.15) is 0 Å². The summed E-state index contributed by atoms with van der Waals surface area (Å²) in [5.74, 6) is -2.14. The lowest BCUT2D eigenvalue weighted by Crippen LogP contribution is -2.00. The Morgan fingerprint density at radius 1 is 0.944 bits per heavy atom. The van der Waals surface area contributed by atoms with Crippen LogP contribution in [0.25, 0.3) is 0 Å². The molecule has 2 rings (SSSR count). The molecule has 0 fully saturated rings. The smallest absolute Gasteiger partial charge is 0.162 e. The monoisotopic (exact) mass is 270 g/mol. The van der Waals surface area contributed by atoms with Gasteiger partial charge in [-0.15, -0.1) is 11.6 Å². The Morgan fingerprint density at radius 3 is 2.28 bits per heavy atom. The summed E-state index contributed by atoms with van der Waals surface area (Å²) in [4.78, 5) is 0. The summed E-state index contributed by atoms with van der Waals surface area (Å²) in [7, 11) is 0. The molecule has 4 heteroatoms. The van der Waals surface area contributed by atoms with Crippen molar-refractivity contribution < 1.29 is 13.2 Å². The third-order valence-electron chi connectivity index (χ3n) is 2.66. The molecule has 0 spiro atoms. The SMILES string of the molecule is Fc1ccc(C(Cl)Cc2cccc(F)c2F)cc1. The van der Waals surface area contributed by atoms with Gasteiger partial charge in [0, 0.05) is 0 Å². The molecule has 2 aromatic carbocycles. The maximum absolute atomic E-state index is 13.4. The minimum Gasteiger partial charge on any atom is -0.207 e. The van der Waals surface area contributed by atoms with E-state index in [1.807, 2.05) is 0 Å². The number of rotatable bonds is 3. The lowest BCUT2D eigenvalue weighted by molar-refractivity contribution is 0.498. The molecular weight excluding hydrogens is 261 g/mol. The van der Waals surface area contributed by atoms with Crippen LogP contribution in [0.2, 0.25) is 0 Å². The van der Waals surface area contributed by atoms with Gasteiger partial charge in [-0.05, 0) is 35.7 Å². The van der Waals surface area contributed by atoms with Crippen LogP contribution in [0.4, 0.5) is 13.2 Å². The predicted molar refractivity (Wildman–Crippen MR) is 65.1 cm³/mol. The highest BCUT2D eigenvalue weighted by molar-refractivity contribution is 6.20. The largest absolute Gasteiger partial charge is 0.207 e. The first-order chi connectivity index (χ1) is 8.58. The lowest BCUT2D eigenvalue weighted by Gasteiger charge is -2.10. The van der Waals surface area contributed by atoms with Gasteiger partial charge in [0.2, 0.25) is 0 Å². The van der Waals surface area contributed by atoms with Gasteiger partial charge >= 0.3 is 0 Å². The van der Waals surface area contributed by atoms with E-state index >= 15 is 0 Å². The van der Waals surface area contributed by atoms with Crippen molar-refractivity contribution in [2.75, 3.05) is 0 Å². The third kappa shape index (κ3) is 2.85. The lowest BCUT2D eigenvalue weighted by atomic mass is 10.0. The molecule has 0 saturated heterocycles. The first-order valence-electron chi connectivity index (χ1n) is 5.40. The molecular formula is C14H10ClF3. The first kappa shape index (κ1) is 13.0. The number of hydrogen-bond acceptors (Lipinski definition) is 0. The summed E-state index contributed by atoms with van der Waals surface area (Å²) in [5, 5.41) is -0.526. The molecule has 0 radical (unpaired) electrons. The third-order valence-corrected chi connectivity index (χ3v) is 3.07. The molecule has 2 aromatic rings. The molecule has 1 atom stereocenters. The van der Waals surface area contributed by atoms with Crippen molar-refractivity contribution in [2.45, 2.75) is 11.8 Å². The molecule has 0 aromatic heterocycles. The van der Waals surface area contributed by atoms with Gasteiger partial charge in [0.05, 0.1) is 5.38 Å². The van der Waals surface area contributed by atoms with E-state index in [-0.39, 0.29) is 17.8 Å². The van der Waals surface area contributed by atoms with Crippen LogP contribution in [0.1, 0.15) is 16.5 Å². The van der Waals surface area contributed by atoms with Gasteiger partial charge in [0.1, 0.15) is 5.82 Å². The topological polar surface area (TPSA) is 0 Å². The zero-order valence-corrected chi connectivity index (χ0v) is 10.1. The van der Waals surface area contributed by atoms with Crippen LogP contribution in [-0.2, 0) is 6.42 Å². The van der Waals surface area contributed by atoms with Crippen LogP contribution in [0.3, 0.4) is 0 Å². The van der Waals surface area contributed by atoms with Gasteiger partial charge in [-0.1, -0.05) is 24.3 Å². The Bertz CT molecular complexity index is 537. The molecule has 0 nitrogen and oxygen atoms in total. The zero-order valence-electron chi connectivity index (χ0n) is 9.34. The Morgan fingerprint density at radius 2 is 1.61 bits per heavy atom. The molecule has 1 unspecified atom stereocenters. The standard InChI is InChI=1S/C14H10ClF3/c15-12(9-4-6-11(16)7-5-9)8-10-2-1-3-13(17)14(10)18/h1-7,12H,8H2. The summed E-state index contributed by atoms with van der Waals surface area (Å²) in [5.41, 5.74) is 0.876. The van der Waals surface area contributed by atoms with Crippen LogP contribution >= 0.6 is 11.6 Å². The molecule has 0 saturated carbocycles. The van der Waals surface area contributed by atoms with Crippen LogP contribution < -0.4 is 0 Å². The molecule has 0 aliphatic heterocycles. The van der Waals surface area contributed by atoms with Crippen molar-refractivity contribution in [1.29, 1.82) is 0 Å². The van der Waals surface area contributed by atoms with E-state index in [2.05, 4.69) is 0 Å². The van der Waals surface area contributed by atoms with Crippen molar-refractivity contribution in [3.8, 4) is 0 Å². The average Bonchev–Trinajstić information content (AvgIpc) is 2.36. The summed E-state index contributed by atoms with van der Waals surface area (Å²) in [6.45, 7) is 0. The summed E-state index contributed by atoms with van der Waals surface area (Å²) >= 11 is 6.11. The molecule has 0 N–H and O–H groups in total. The maximum atomic E-state index is 13.4. The van der Waals surface area contributed by atoms with Crippen molar-refractivity contribution in [3.05, 3.63) is 71.0 Å². The molecule has 0 aliphatic carbocycles. The van der Waals surface area contributed by atoms with Gasteiger partial charge < -0.3 is 0 Å². The summed E-state index contributed by atoms with van der Waals surface area (Å²) < 4.78 is 39.2. The van der Waals surface area contributed by atoms with E-state index in [0.29, 0.717) is 5.56 Å². The number of benzene rings is 2. The highest BCUT2D eigenvalue weighted by Crippen LogP contribution is 2.26. The van der Waals surface area contributed by atoms with Gasteiger partial charge in [0.25, 0.3) is 0 Å². The Labute approximate surface area is 108 Å². The van der Waals surface area contributed by atoms with E-state index in [1.54, 1.807) is 0 Å². The molecule has 0 amide bonds. The second-order valence-electron chi connectivity index (χ2n) is 3.94. The Kier molecular flexibility index (Phi) is 3.92. The second-order valence-corrected chi connectivity index (χ2v) is 4.46. The van der Waals surface area contributed by atoms with E-state index < -0.39 is 17.0 Å². The van der Waals surface area contributed by atoms with Gasteiger partial charge in [0.15, 0.2) is 11.6 Å². The Hall–Kier alpha value is -1.48. The minimum atomic E-state index is -0.893.